The van der Waals surface area contributed by atoms with Gasteiger partial charge >= 0.3 is 0 Å². The number of benzene rings is 1. The maximum atomic E-state index is 5.81. The monoisotopic (exact) mass is 289 g/mol. The Bertz CT molecular complexity index is 404. The minimum absolute atomic E-state index is 0.702. The van der Waals surface area contributed by atoms with E-state index in [4.69, 9.17) is 4.74 Å². The Labute approximate surface area is 130 Å². The number of hydrogen-bond acceptors (Lipinski definition) is 2. The summed E-state index contributed by atoms with van der Waals surface area (Å²) in [6.07, 6.45) is 9.67. The third-order valence-electron chi connectivity index (χ3n) is 4.58. The van der Waals surface area contributed by atoms with Gasteiger partial charge in [-0.05, 0) is 49.8 Å². The maximum Gasteiger partial charge on any atom is 0.119 e. The second-order valence-electron chi connectivity index (χ2n) is 6.48. The maximum absolute atomic E-state index is 5.81. The number of hydrogen-bond donors (Lipinski definition) is 1. The molecule has 0 bridgehead atoms. The molecule has 1 aromatic carbocycles. The Kier molecular flexibility index (Phi) is 7.08. The zero-order valence-corrected chi connectivity index (χ0v) is 13.7. The highest BCUT2D eigenvalue weighted by atomic mass is 16.5. The van der Waals surface area contributed by atoms with Crippen LogP contribution in [0.4, 0.5) is 0 Å². The molecule has 1 aliphatic rings. The minimum Gasteiger partial charge on any atom is -0.492 e. The van der Waals surface area contributed by atoms with Gasteiger partial charge in [0.2, 0.25) is 0 Å². The first kappa shape index (κ1) is 16.4. The number of aryl methyl sites for hydroxylation is 1. The molecule has 0 aliphatic heterocycles. The van der Waals surface area contributed by atoms with Gasteiger partial charge in [-0.1, -0.05) is 44.7 Å². The molecular weight excluding hydrogens is 258 g/mol. The quantitative estimate of drug-likeness (QED) is 0.579. The van der Waals surface area contributed by atoms with Gasteiger partial charge in [-0.3, -0.25) is 0 Å². The Balaban J connectivity index is 1.62. The fraction of sp³-hybridized carbons (Fsp3) is 0.684. The van der Waals surface area contributed by atoms with Crippen LogP contribution in [0, 0.1) is 12.8 Å². The first-order valence-electron chi connectivity index (χ1n) is 8.70. The fourth-order valence-corrected chi connectivity index (χ4v) is 3.42. The molecule has 2 unspecified atom stereocenters. The lowest BCUT2D eigenvalue weighted by Gasteiger charge is -2.17. The molecule has 2 heteroatoms. The van der Waals surface area contributed by atoms with Crippen molar-refractivity contribution >= 4 is 0 Å². The Morgan fingerprint density at radius 3 is 2.90 bits per heavy atom. The van der Waals surface area contributed by atoms with Gasteiger partial charge < -0.3 is 10.1 Å². The van der Waals surface area contributed by atoms with Crippen molar-refractivity contribution in [2.24, 2.45) is 5.92 Å². The zero-order valence-electron chi connectivity index (χ0n) is 13.7. The van der Waals surface area contributed by atoms with Crippen LogP contribution in [0.25, 0.3) is 0 Å². The highest BCUT2D eigenvalue weighted by Crippen LogP contribution is 2.26. The summed E-state index contributed by atoms with van der Waals surface area (Å²) in [4.78, 5) is 0. The molecular formula is C19H31NO. The summed E-state index contributed by atoms with van der Waals surface area (Å²) < 4.78 is 5.81. The van der Waals surface area contributed by atoms with Crippen molar-refractivity contribution < 1.29 is 4.74 Å². The van der Waals surface area contributed by atoms with Gasteiger partial charge in [0.05, 0.1) is 0 Å². The van der Waals surface area contributed by atoms with Crippen LogP contribution in [0.2, 0.25) is 0 Å². The molecule has 1 aromatic rings. The van der Waals surface area contributed by atoms with Crippen LogP contribution in [0.3, 0.4) is 0 Å². The SMILES string of the molecule is CCCC1CCCC(NCCOc2cccc(C)c2)CC1. The third-order valence-corrected chi connectivity index (χ3v) is 4.58. The lowest BCUT2D eigenvalue weighted by molar-refractivity contribution is 0.299. The highest BCUT2D eigenvalue weighted by Gasteiger charge is 2.17. The summed E-state index contributed by atoms with van der Waals surface area (Å²) >= 11 is 0. The van der Waals surface area contributed by atoms with Crippen LogP contribution >= 0.6 is 0 Å². The van der Waals surface area contributed by atoms with Crippen LogP contribution in [0.5, 0.6) is 5.75 Å². The zero-order chi connectivity index (χ0) is 14.9. The van der Waals surface area contributed by atoms with Crippen molar-refractivity contribution in [1.29, 1.82) is 0 Å². The van der Waals surface area contributed by atoms with Crippen LogP contribution in [-0.2, 0) is 0 Å². The Morgan fingerprint density at radius 1 is 1.19 bits per heavy atom. The van der Waals surface area contributed by atoms with Crippen LogP contribution in [-0.4, -0.2) is 19.2 Å². The van der Waals surface area contributed by atoms with E-state index in [9.17, 15) is 0 Å². The second kappa shape index (κ2) is 9.09. The molecule has 1 N–H and O–H groups in total. The normalized spacial score (nSPS) is 22.8. The molecule has 0 radical (unpaired) electrons. The summed E-state index contributed by atoms with van der Waals surface area (Å²) in [6, 6.07) is 8.99. The minimum atomic E-state index is 0.702. The summed E-state index contributed by atoms with van der Waals surface area (Å²) in [5.74, 6) is 1.96. The lowest BCUT2D eigenvalue weighted by atomic mass is 9.95. The average Bonchev–Trinajstić information content (AvgIpc) is 2.70. The average molecular weight is 289 g/mol. The van der Waals surface area contributed by atoms with Crippen molar-refractivity contribution in [3.8, 4) is 5.75 Å². The van der Waals surface area contributed by atoms with E-state index in [1.165, 1.54) is 50.5 Å². The van der Waals surface area contributed by atoms with E-state index in [0.29, 0.717) is 6.04 Å². The third kappa shape index (κ3) is 6.09. The van der Waals surface area contributed by atoms with E-state index in [1.807, 2.05) is 6.07 Å². The number of nitrogens with one attached hydrogen (secondary N) is 1. The molecule has 0 heterocycles. The van der Waals surface area contributed by atoms with Crippen molar-refractivity contribution in [2.75, 3.05) is 13.2 Å². The van der Waals surface area contributed by atoms with E-state index in [0.717, 1.165) is 24.8 Å². The van der Waals surface area contributed by atoms with Crippen molar-refractivity contribution in [2.45, 2.75) is 64.8 Å². The molecule has 2 rings (SSSR count). The summed E-state index contributed by atoms with van der Waals surface area (Å²) in [6.45, 7) is 6.13. The van der Waals surface area contributed by atoms with Gasteiger partial charge in [-0.2, -0.15) is 0 Å². The summed E-state index contributed by atoms with van der Waals surface area (Å²) in [5.41, 5.74) is 1.26. The largest absolute Gasteiger partial charge is 0.492 e. The van der Waals surface area contributed by atoms with Crippen LogP contribution in [0.15, 0.2) is 24.3 Å². The molecule has 0 saturated heterocycles. The van der Waals surface area contributed by atoms with Gasteiger partial charge in [-0.25, -0.2) is 0 Å². The topological polar surface area (TPSA) is 21.3 Å². The molecule has 2 nitrogen and oxygen atoms in total. The van der Waals surface area contributed by atoms with Crippen LogP contribution < -0.4 is 10.1 Å². The van der Waals surface area contributed by atoms with Gasteiger partial charge in [0.25, 0.3) is 0 Å². The van der Waals surface area contributed by atoms with E-state index in [1.54, 1.807) is 0 Å². The second-order valence-corrected chi connectivity index (χ2v) is 6.48. The molecule has 2 atom stereocenters. The lowest BCUT2D eigenvalue weighted by Crippen LogP contribution is -2.32. The predicted molar refractivity (Wildman–Crippen MR) is 89.9 cm³/mol. The Hall–Kier alpha value is -1.02. The molecule has 1 aliphatic carbocycles. The van der Waals surface area contributed by atoms with Gasteiger partial charge in [0, 0.05) is 12.6 Å². The molecule has 0 aromatic heterocycles. The fourth-order valence-electron chi connectivity index (χ4n) is 3.42. The van der Waals surface area contributed by atoms with Crippen molar-refractivity contribution in [3.63, 3.8) is 0 Å². The smallest absolute Gasteiger partial charge is 0.119 e. The van der Waals surface area contributed by atoms with Gasteiger partial charge in [0.15, 0.2) is 0 Å². The number of rotatable bonds is 7. The van der Waals surface area contributed by atoms with Gasteiger partial charge in [0.1, 0.15) is 12.4 Å². The van der Waals surface area contributed by atoms with E-state index in [-0.39, 0.29) is 0 Å². The highest BCUT2D eigenvalue weighted by molar-refractivity contribution is 5.27. The van der Waals surface area contributed by atoms with Crippen molar-refractivity contribution in [3.05, 3.63) is 29.8 Å². The predicted octanol–water partition coefficient (Wildman–Crippen LogP) is 4.71. The van der Waals surface area contributed by atoms with Crippen molar-refractivity contribution in [1.82, 2.24) is 5.32 Å². The van der Waals surface area contributed by atoms with Crippen LogP contribution in [0.1, 0.15) is 57.4 Å². The molecule has 1 fully saturated rings. The van der Waals surface area contributed by atoms with E-state index in [2.05, 4.69) is 37.4 Å². The Morgan fingerprint density at radius 2 is 2.10 bits per heavy atom. The molecule has 0 amide bonds. The van der Waals surface area contributed by atoms with Gasteiger partial charge in [-0.15, -0.1) is 0 Å². The summed E-state index contributed by atoms with van der Waals surface area (Å²) in [5, 5.41) is 3.68. The van der Waals surface area contributed by atoms with E-state index >= 15 is 0 Å². The first-order valence-corrected chi connectivity index (χ1v) is 8.70. The standard InChI is InChI=1S/C19H31NO/c1-3-6-17-8-5-9-18(12-11-17)20-13-14-21-19-10-4-7-16(2)15-19/h4,7,10,15,17-18,20H,3,5-6,8-9,11-14H2,1-2H3. The molecule has 1 saturated carbocycles. The van der Waals surface area contributed by atoms with E-state index < -0.39 is 0 Å². The first-order chi connectivity index (χ1) is 10.3. The number of ether oxygens (including phenoxy) is 1. The summed E-state index contributed by atoms with van der Waals surface area (Å²) in [7, 11) is 0. The molecule has 0 spiro atoms. The molecule has 21 heavy (non-hydrogen) atoms. The molecule has 118 valence electrons.